The standard InChI is InChI=1S/C12H18N2O3/c1-13-10(8-15)7-14(2)11-5-3-9(4-6-11)12(16)17/h3-6,10,13,15H,7-8H2,1-2H3,(H,16,17)/t10-/m0/s1. The third-order valence-corrected chi connectivity index (χ3v) is 2.68. The number of rotatable bonds is 6. The van der Waals surface area contributed by atoms with Gasteiger partial charge in [-0.3, -0.25) is 0 Å². The SMILES string of the molecule is CN[C@H](CO)CN(C)c1ccc(C(=O)O)cc1. The molecular weight excluding hydrogens is 220 g/mol. The van der Waals surface area contributed by atoms with Crippen molar-refractivity contribution in [1.82, 2.24) is 5.32 Å². The molecule has 0 amide bonds. The fraction of sp³-hybridized carbons (Fsp3) is 0.417. The van der Waals surface area contributed by atoms with Gasteiger partial charge in [-0.2, -0.15) is 0 Å². The number of aliphatic hydroxyl groups excluding tert-OH is 1. The van der Waals surface area contributed by atoms with Gasteiger partial charge in [0.2, 0.25) is 0 Å². The van der Waals surface area contributed by atoms with Crippen LogP contribution >= 0.6 is 0 Å². The maximum atomic E-state index is 10.7. The van der Waals surface area contributed by atoms with Crippen LogP contribution in [0.25, 0.3) is 0 Å². The van der Waals surface area contributed by atoms with Gasteiger partial charge in [0.25, 0.3) is 0 Å². The molecule has 0 heterocycles. The van der Waals surface area contributed by atoms with Crippen molar-refractivity contribution < 1.29 is 15.0 Å². The third kappa shape index (κ3) is 3.72. The smallest absolute Gasteiger partial charge is 0.335 e. The maximum absolute atomic E-state index is 10.7. The summed E-state index contributed by atoms with van der Waals surface area (Å²) in [6.45, 7) is 0.716. The van der Waals surface area contributed by atoms with Gasteiger partial charge >= 0.3 is 5.97 Å². The molecule has 0 aliphatic rings. The van der Waals surface area contributed by atoms with Crippen molar-refractivity contribution in [1.29, 1.82) is 0 Å². The Hall–Kier alpha value is -1.59. The Morgan fingerprint density at radius 1 is 1.41 bits per heavy atom. The van der Waals surface area contributed by atoms with Crippen molar-refractivity contribution in [3.8, 4) is 0 Å². The van der Waals surface area contributed by atoms with Gasteiger partial charge in [-0.1, -0.05) is 0 Å². The number of anilines is 1. The first-order chi connectivity index (χ1) is 8.08. The van der Waals surface area contributed by atoms with Gasteiger partial charge in [-0.05, 0) is 31.3 Å². The topological polar surface area (TPSA) is 72.8 Å². The number of carboxylic acids is 1. The summed E-state index contributed by atoms with van der Waals surface area (Å²) < 4.78 is 0. The molecule has 94 valence electrons. The van der Waals surface area contributed by atoms with E-state index >= 15 is 0 Å². The lowest BCUT2D eigenvalue weighted by Crippen LogP contribution is -2.40. The van der Waals surface area contributed by atoms with Crippen LogP contribution in [0, 0.1) is 0 Å². The zero-order chi connectivity index (χ0) is 12.8. The summed E-state index contributed by atoms with van der Waals surface area (Å²) in [4.78, 5) is 12.7. The number of likely N-dealkylation sites (N-methyl/N-ethyl adjacent to an activating group) is 2. The predicted molar refractivity (Wildman–Crippen MR) is 66.6 cm³/mol. The minimum Gasteiger partial charge on any atom is -0.478 e. The van der Waals surface area contributed by atoms with E-state index < -0.39 is 5.97 Å². The highest BCUT2D eigenvalue weighted by atomic mass is 16.4. The Morgan fingerprint density at radius 2 is 2.00 bits per heavy atom. The van der Waals surface area contributed by atoms with Crippen molar-refractivity contribution in [3.63, 3.8) is 0 Å². The number of hydrogen-bond acceptors (Lipinski definition) is 4. The average Bonchev–Trinajstić information content (AvgIpc) is 2.35. The van der Waals surface area contributed by atoms with E-state index in [4.69, 9.17) is 10.2 Å². The van der Waals surface area contributed by atoms with Crippen molar-refractivity contribution in [2.24, 2.45) is 0 Å². The van der Waals surface area contributed by atoms with E-state index in [9.17, 15) is 4.79 Å². The zero-order valence-corrected chi connectivity index (χ0v) is 10.1. The van der Waals surface area contributed by atoms with Crippen LogP contribution in [-0.2, 0) is 0 Å². The molecule has 1 atom stereocenters. The Balaban J connectivity index is 2.69. The Morgan fingerprint density at radius 3 is 2.41 bits per heavy atom. The van der Waals surface area contributed by atoms with E-state index in [0.717, 1.165) is 5.69 Å². The average molecular weight is 238 g/mol. The van der Waals surface area contributed by atoms with Crippen LogP contribution in [0.5, 0.6) is 0 Å². The van der Waals surface area contributed by atoms with Gasteiger partial charge in [0.1, 0.15) is 0 Å². The molecule has 1 aromatic carbocycles. The minimum absolute atomic E-state index is 0.000787. The summed E-state index contributed by atoms with van der Waals surface area (Å²) in [6.07, 6.45) is 0. The quantitative estimate of drug-likeness (QED) is 0.669. The van der Waals surface area contributed by atoms with Gasteiger partial charge in [-0.25, -0.2) is 4.79 Å². The Bertz CT molecular complexity index is 361. The fourth-order valence-electron chi connectivity index (χ4n) is 1.53. The maximum Gasteiger partial charge on any atom is 0.335 e. The Labute approximate surface area is 101 Å². The second-order valence-electron chi connectivity index (χ2n) is 3.90. The predicted octanol–water partition coefficient (Wildman–Crippen LogP) is 0.401. The molecule has 0 saturated heterocycles. The van der Waals surface area contributed by atoms with Crippen LogP contribution in [0.2, 0.25) is 0 Å². The monoisotopic (exact) mass is 238 g/mol. The van der Waals surface area contributed by atoms with E-state index in [1.807, 2.05) is 11.9 Å². The van der Waals surface area contributed by atoms with E-state index in [1.165, 1.54) is 0 Å². The second-order valence-corrected chi connectivity index (χ2v) is 3.90. The third-order valence-electron chi connectivity index (χ3n) is 2.68. The molecule has 0 unspecified atom stereocenters. The molecule has 0 bridgehead atoms. The lowest BCUT2D eigenvalue weighted by Gasteiger charge is -2.24. The zero-order valence-electron chi connectivity index (χ0n) is 10.1. The number of nitrogens with one attached hydrogen (secondary N) is 1. The molecule has 0 radical (unpaired) electrons. The van der Waals surface area contributed by atoms with Crippen LogP contribution in [0.3, 0.4) is 0 Å². The normalized spacial score (nSPS) is 12.2. The van der Waals surface area contributed by atoms with Crippen molar-refractivity contribution in [2.45, 2.75) is 6.04 Å². The molecule has 5 nitrogen and oxygen atoms in total. The van der Waals surface area contributed by atoms with Gasteiger partial charge in [0.05, 0.1) is 12.2 Å². The fourth-order valence-corrected chi connectivity index (χ4v) is 1.53. The summed E-state index contributed by atoms with van der Waals surface area (Å²) in [5.41, 5.74) is 1.19. The largest absolute Gasteiger partial charge is 0.478 e. The lowest BCUT2D eigenvalue weighted by molar-refractivity contribution is 0.0697. The van der Waals surface area contributed by atoms with Crippen LogP contribution < -0.4 is 10.2 Å². The van der Waals surface area contributed by atoms with Crippen LogP contribution in [0.1, 0.15) is 10.4 Å². The summed E-state index contributed by atoms with van der Waals surface area (Å²) in [5, 5.41) is 20.8. The molecule has 0 aliphatic carbocycles. The number of benzene rings is 1. The first kappa shape index (κ1) is 13.5. The number of aliphatic hydroxyl groups is 1. The molecule has 1 aromatic rings. The Kier molecular flexibility index (Phi) is 4.93. The highest BCUT2D eigenvalue weighted by Gasteiger charge is 2.09. The molecule has 3 N–H and O–H groups in total. The first-order valence-electron chi connectivity index (χ1n) is 5.41. The molecule has 0 fully saturated rings. The van der Waals surface area contributed by atoms with E-state index in [-0.39, 0.29) is 18.2 Å². The molecule has 0 aromatic heterocycles. The summed E-state index contributed by atoms with van der Waals surface area (Å²) in [7, 11) is 3.69. The van der Waals surface area contributed by atoms with E-state index in [1.54, 1.807) is 31.3 Å². The summed E-state index contributed by atoms with van der Waals surface area (Å²) in [6, 6.07) is 6.66. The minimum atomic E-state index is -0.928. The van der Waals surface area contributed by atoms with Gasteiger partial charge in [0.15, 0.2) is 0 Å². The first-order valence-corrected chi connectivity index (χ1v) is 5.41. The summed E-state index contributed by atoms with van der Waals surface area (Å²) in [5.74, 6) is -0.928. The molecule has 0 saturated carbocycles. The van der Waals surface area contributed by atoms with Crippen LogP contribution in [-0.4, -0.2) is 49.5 Å². The van der Waals surface area contributed by atoms with E-state index in [2.05, 4.69) is 5.32 Å². The number of carbonyl (C=O) groups is 1. The van der Waals surface area contributed by atoms with Gasteiger partial charge < -0.3 is 20.4 Å². The number of nitrogens with zero attached hydrogens (tertiary/aromatic N) is 1. The highest BCUT2D eigenvalue weighted by molar-refractivity contribution is 5.88. The van der Waals surface area contributed by atoms with Crippen molar-refractivity contribution in [3.05, 3.63) is 29.8 Å². The second kappa shape index (κ2) is 6.22. The molecule has 0 aliphatic heterocycles. The molecule has 0 spiro atoms. The van der Waals surface area contributed by atoms with Crippen LogP contribution in [0.4, 0.5) is 5.69 Å². The highest BCUT2D eigenvalue weighted by Crippen LogP contribution is 2.14. The van der Waals surface area contributed by atoms with Crippen molar-refractivity contribution in [2.75, 3.05) is 32.1 Å². The molecular formula is C12H18N2O3. The molecule has 17 heavy (non-hydrogen) atoms. The van der Waals surface area contributed by atoms with Gasteiger partial charge in [0, 0.05) is 25.3 Å². The number of aromatic carboxylic acids is 1. The molecule has 1 rings (SSSR count). The van der Waals surface area contributed by atoms with Crippen molar-refractivity contribution >= 4 is 11.7 Å². The summed E-state index contributed by atoms with van der Waals surface area (Å²) >= 11 is 0. The van der Waals surface area contributed by atoms with Crippen LogP contribution in [0.15, 0.2) is 24.3 Å². The number of carboxylic acid groups (broad SMARTS) is 1. The lowest BCUT2D eigenvalue weighted by atomic mass is 10.2. The van der Waals surface area contributed by atoms with Gasteiger partial charge in [-0.15, -0.1) is 0 Å². The molecule has 5 heteroatoms. The number of hydrogen-bond donors (Lipinski definition) is 3. The van der Waals surface area contributed by atoms with E-state index in [0.29, 0.717) is 6.54 Å².